The van der Waals surface area contributed by atoms with Crippen molar-refractivity contribution in [3.05, 3.63) is 77.4 Å². The Bertz CT molecular complexity index is 1160. The quantitative estimate of drug-likeness (QED) is 0.385. The Morgan fingerprint density at radius 3 is 2.05 bits per heavy atom. The van der Waals surface area contributed by atoms with E-state index >= 15 is 0 Å². The van der Waals surface area contributed by atoms with Crippen molar-refractivity contribution in [3.63, 3.8) is 0 Å². The Labute approximate surface area is 232 Å². The average molecular weight is 538 g/mol. The summed E-state index contributed by atoms with van der Waals surface area (Å²) in [5.41, 5.74) is 1.96. The minimum atomic E-state index is -1.06. The van der Waals surface area contributed by atoms with Gasteiger partial charge in [-0.1, -0.05) is 47.5 Å². The monoisotopic (exact) mass is 537 g/mol. The number of nitrogens with zero attached hydrogens (tertiary/aromatic N) is 1. The molecule has 0 spiro atoms. The van der Waals surface area contributed by atoms with E-state index in [2.05, 4.69) is 17.2 Å². The highest BCUT2D eigenvalue weighted by Crippen LogP contribution is 2.26. The average Bonchev–Trinajstić information content (AvgIpc) is 2.76. The highest BCUT2D eigenvalue weighted by molar-refractivity contribution is 5.92. The van der Waals surface area contributed by atoms with Gasteiger partial charge in [0, 0.05) is 18.5 Å². The molecule has 0 aromatic heterocycles. The van der Waals surface area contributed by atoms with Crippen LogP contribution >= 0.6 is 0 Å². The maximum Gasteiger partial charge on any atom is 0.408 e. The fourth-order valence-corrected chi connectivity index (χ4v) is 4.26. The zero-order chi connectivity index (χ0) is 29.5. The van der Waals surface area contributed by atoms with Crippen LogP contribution in [0.5, 0.6) is 5.75 Å². The topological polar surface area (TPSA) is 108 Å². The number of carbonyl (C=O) groups is 3. The first-order valence-electron chi connectivity index (χ1n) is 13.1. The van der Waals surface area contributed by atoms with E-state index in [1.54, 1.807) is 39.0 Å². The molecule has 8 nitrogen and oxygen atoms in total. The number of aryl methyl sites for hydroxylation is 2. The SMILES string of the molecule is C=CCN(C(=O)C(Cc1ccc(O)cc1)NC(=O)OC(C)(C)C)C(C(=O)NC(C)(C)C)c1cc(C)cc(C)c1. The number of hydrogen-bond acceptors (Lipinski definition) is 5. The number of phenolic OH excluding ortho intramolecular Hbond substituents is 1. The zero-order valence-electron chi connectivity index (χ0n) is 24.4. The molecular weight excluding hydrogens is 494 g/mol. The number of hydrogen-bond donors (Lipinski definition) is 3. The molecule has 0 heterocycles. The van der Waals surface area contributed by atoms with Crippen molar-refractivity contribution in [1.82, 2.24) is 15.5 Å². The van der Waals surface area contributed by atoms with Crippen LogP contribution in [0.3, 0.4) is 0 Å². The second-order valence-electron chi connectivity index (χ2n) is 11.9. The molecule has 0 aliphatic carbocycles. The summed E-state index contributed by atoms with van der Waals surface area (Å²) in [6, 6.07) is 10.1. The maximum absolute atomic E-state index is 14.2. The highest BCUT2D eigenvalue weighted by Gasteiger charge is 2.37. The Morgan fingerprint density at radius 2 is 1.56 bits per heavy atom. The number of ether oxygens (including phenoxy) is 1. The minimum Gasteiger partial charge on any atom is -0.508 e. The molecule has 0 aliphatic rings. The lowest BCUT2D eigenvalue weighted by molar-refractivity contribution is -0.142. The first-order chi connectivity index (χ1) is 18.0. The molecule has 0 saturated heterocycles. The predicted molar refractivity (Wildman–Crippen MR) is 153 cm³/mol. The van der Waals surface area contributed by atoms with Crippen LogP contribution in [0.2, 0.25) is 0 Å². The summed E-state index contributed by atoms with van der Waals surface area (Å²) in [6.07, 6.45) is 0.926. The van der Waals surface area contributed by atoms with E-state index in [1.807, 2.05) is 52.8 Å². The molecule has 0 saturated carbocycles. The number of aromatic hydroxyl groups is 1. The molecule has 39 heavy (non-hydrogen) atoms. The number of nitrogens with one attached hydrogen (secondary N) is 2. The molecule has 2 aromatic carbocycles. The highest BCUT2D eigenvalue weighted by atomic mass is 16.6. The molecule has 2 atom stereocenters. The molecule has 3 N–H and O–H groups in total. The van der Waals surface area contributed by atoms with Crippen LogP contribution < -0.4 is 10.6 Å². The summed E-state index contributed by atoms with van der Waals surface area (Å²) in [5, 5.41) is 15.4. The normalized spacial score (nSPS) is 13.1. The van der Waals surface area contributed by atoms with Gasteiger partial charge in [-0.2, -0.15) is 0 Å². The van der Waals surface area contributed by atoms with Gasteiger partial charge in [0.25, 0.3) is 0 Å². The van der Waals surface area contributed by atoms with Crippen molar-refractivity contribution >= 4 is 17.9 Å². The van der Waals surface area contributed by atoms with Gasteiger partial charge in [-0.15, -0.1) is 6.58 Å². The Balaban J connectivity index is 2.59. The van der Waals surface area contributed by atoms with Crippen molar-refractivity contribution in [3.8, 4) is 5.75 Å². The molecule has 212 valence electrons. The summed E-state index contributed by atoms with van der Waals surface area (Å²) < 4.78 is 5.44. The summed E-state index contributed by atoms with van der Waals surface area (Å²) >= 11 is 0. The number of alkyl carbamates (subject to hydrolysis) is 1. The third-order valence-electron chi connectivity index (χ3n) is 5.59. The number of amides is 3. The molecular formula is C31H43N3O5. The molecule has 0 aliphatic heterocycles. The molecule has 8 heteroatoms. The second kappa shape index (κ2) is 12.8. The summed E-state index contributed by atoms with van der Waals surface area (Å²) in [5.74, 6) is -0.728. The van der Waals surface area contributed by atoms with Crippen molar-refractivity contribution in [2.75, 3.05) is 6.54 Å². The number of benzene rings is 2. The van der Waals surface area contributed by atoms with Crippen molar-refractivity contribution in [2.45, 2.75) is 85.0 Å². The van der Waals surface area contributed by atoms with E-state index in [0.29, 0.717) is 11.1 Å². The molecule has 3 amide bonds. The summed E-state index contributed by atoms with van der Waals surface area (Å²) in [4.78, 5) is 42.2. The van der Waals surface area contributed by atoms with Crippen LogP contribution in [0.25, 0.3) is 0 Å². The fraction of sp³-hybridized carbons (Fsp3) is 0.452. The fourth-order valence-electron chi connectivity index (χ4n) is 4.26. The van der Waals surface area contributed by atoms with Crippen LogP contribution in [0.4, 0.5) is 4.79 Å². The van der Waals surface area contributed by atoms with E-state index in [-0.39, 0.29) is 24.6 Å². The van der Waals surface area contributed by atoms with Crippen molar-refractivity contribution in [1.29, 1.82) is 0 Å². The lowest BCUT2D eigenvalue weighted by atomic mass is 9.96. The van der Waals surface area contributed by atoms with Gasteiger partial charge in [-0.3, -0.25) is 9.59 Å². The molecule has 2 rings (SSSR count). The van der Waals surface area contributed by atoms with Crippen molar-refractivity contribution < 1.29 is 24.2 Å². The number of phenols is 1. The second-order valence-corrected chi connectivity index (χ2v) is 11.9. The minimum absolute atomic E-state index is 0.0656. The standard InChI is InChI=1S/C31H43N3O5/c1-10-15-34(26(27(36)33-30(4,5)6)23-17-20(2)16-21(3)18-23)28(37)25(32-29(38)39-31(7,8)9)19-22-11-13-24(35)14-12-22/h10-14,16-18,25-26,35H,1,15,19H2,2-9H3,(H,32,38)(H,33,36). The van der Waals surface area contributed by atoms with Crippen LogP contribution in [0.1, 0.15) is 69.8 Å². The van der Waals surface area contributed by atoms with Crippen molar-refractivity contribution in [2.24, 2.45) is 0 Å². The van der Waals surface area contributed by atoms with Gasteiger partial charge in [-0.25, -0.2) is 4.79 Å². The van der Waals surface area contributed by atoms with E-state index in [0.717, 1.165) is 11.1 Å². The third-order valence-corrected chi connectivity index (χ3v) is 5.59. The smallest absolute Gasteiger partial charge is 0.408 e. The van der Waals surface area contributed by atoms with Gasteiger partial charge in [0.15, 0.2) is 0 Å². The van der Waals surface area contributed by atoms with Crippen LogP contribution in [-0.4, -0.2) is 51.6 Å². The van der Waals surface area contributed by atoms with Crippen LogP contribution in [0.15, 0.2) is 55.1 Å². The van der Waals surface area contributed by atoms with Crippen LogP contribution in [-0.2, 0) is 20.7 Å². The summed E-state index contributed by atoms with van der Waals surface area (Å²) in [6.45, 7) is 18.6. The number of carbonyl (C=O) groups excluding carboxylic acids is 3. The molecule has 0 fully saturated rings. The van der Waals surface area contributed by atoms with Crippen LogP contribution in [0, 0.1) is 13.8 Å². The van der Waals surface area contributed by atoms with Gasteiger partial charge in [0.1, 0.15) is 23.4 Å². The van der Waals surface area contributed by atoms with Gasteiger partial charge in [-0.05, 0) is 78.6 Å². The molecule has 0 bridgehead atoms. The van der Waals surface area contributed by atoms with Gasteiger partial charge < -0.3 is 25.4 Å². The van der Waals surface area contributed by atoms with E-state index in [1.165, 1.54) is 17.0 Å². The molecule has 2 aromatic rings. The summed E-state index contributed by atoms with van der Waals surface area (Å²) in [7, 11) is 0. The zero-order valence-corrected chi connectivity index (χ0v) is 24.4. The molecule has 0 radical (unpaired) electrons. The Hall–Kier alpha value is -3.81. The number of rotatable bonds is 9. The predicted octanol–water partition coefficient (Wildman–Crippen LogP) is 5.12. The maximum atomic E-state index is 14.2. The van der Waals surface area contributed by atoms with E-state index in [9.17, 15) is 19.5 Å². The lowest BCUT2D eigenvalue weighted by Crippen LogP contribution is -2.55. The molecule has 2 unspecified atom stereocenters. The first kappa shape index (κ1) is 31.4. The van der Waals surface area contributed by atoms with E-state index in [4.69, 9.17) is 4.74 Å². The lowest BCUT2D eigenvalue weighted by Gasteiger charge is -2.35. The van der Waals surface area contributed by atoms with Gasteiger partial charge in [0.2, 0.25) is 11.8 Å². The van der Waals surface area contributed by atoms with Gasteiger partial charge in [0.05, 0.1) is 0 Å². The third kappa shape index (κ3) is 10.1. The van der Waals surface area contributed by atoms with Gasteiger partial charge >= 0.3 is 6.09 Å². The Kier molecular flexibility index (Phi) is 10.3. The first-order valence-corrected chi connectivity index (χ1v) is 13.1. The van der Waals surface area contributed by atoms with E-state index < -0.39 is 35.2 Å². The largest absolute Gasteiger partial charge is 0.508 e. The Morgan fingerprint density at radius 1 is 1.00 bits per heavy atom.